The summed E-state index contributed by atoms with van der Waals surface area (Å²) in [5, 5.41) is 3.28. The van der Waals surface area contributed by atoms with Gasteiger partial charge < -0.3 is 24.4 Å². The van der Waals surface area contributed by atoms with E-state index in [2.05, 4.69) is 10.3 Å². The second kappa shape index (κ2) is 6.98. The van der Waals surface area contributed by atoms with Crippen LogP contribution in [0.1, 0.15) is 10.5 Å². The van der Waals surface area contributed by atoms with E-state index in [0.29, 0.717) is 45.2 Å². The van der Waals surface area contributed by atoms with Crippen LogP contribution in [0.4, 0.5) is 11.4 Å². The maximum Gasteiger partial charge on any atom is 0.272 e. The Balaban J connectivity index is 1.50. The third kappa shape index (κ3) is 3.51. The smallest absolute Gasteiger partial charge is 0.272 e. The summed E-state index contributed by atoms with van der Waals surface area (Å²) in [4.78, 5) is 18.5. The van der Waals surface area contributed by atoms with Crippen molar-refractivity contribution in [1.82, 2.24) is 9.88 Å². The number of pyridine rings is 1. The number of rotatable bonds is 3. The predicted octanol–water partition coefficient (Wildman–Crippen LogP) is 2.07. The fraction of sp³-hybridized carbons (Fsp3) is 0.333. The summed E-state index contributed by atoms with van der Waals surface area (Å²) in [6.07, 6.45) is 1.63. The monoisotopic (exact) mass is 341 g/mol. The van der Waals surface area contributed by atoms with Crippen LogP contribution >= 0.6 is 0 Å². The highest BCUT2D eigenvalue weighted by Crippen LogP contribution is 2.33. The lowest BCUT2D eigenvalue weighted by Crippen LogP contribution is -2.41. The van der Waals surface area contributed by atoms with Gasteiger partial charge in [-0.25, -0.2) is 0 Å². The number of carbonyl (C=O) groups excluding carboxylic acids is 1. The molecule has 2 aliphatic heterocycles. The summed E-state index contributed by atoms with van der Waals surface area (Å²) in [7, 11) is 0. The number of ether oxygens (including phenoxy) is 3. The first-order chi connectivity index (χ1) is 12.3. The molecule has 0 spiro atoms. The average molecular weight is 341 g/mol. The van der Waals surface area contributed by atoms with E-state index in [-0.39, 0.29) is 5.91 Å². The molecule has 130 valence electrons. The predicted molar refractivity (Wildman–Crippen MR) is 91.7 cm³/mol. The second-order valence-electron chi connectivity index (χ2n) is 5.82. The third-order valence-electron chi connectivity index (χ3n) is 4.11. The topological polar surface area (TPSA) is 72.9 Å². The summed E-state index contributed by atoms with van der Waals surface area (Å²) in [5.41, 5.74) is 2.08. The number of amides is 1. The molecule has 3 heterocycles. The number of aromatic nitrogens is 1. The number of hydrogen-bond acceptors (Lipinski definition) is 6. The molecule has 1 aromatic carbocycles. The molecule has 0 unspecified atom stereocenters. The van der Waals surface area contributed by atoms with E-state index < -0.39 is 0 Å². The molecule has 0 atom stereocenters. The maximum absolute atomic E-state index is 12.5. The van der Waals surface area contributed by atoms with Crippen LogP contribution in [-0.2, 0) is 4.74 Å². The average Bonchev–Trinajstić information content (AvgIpc) is 2.68. The van der Waals surface area contributed by atoms with Crippen LogP contribution in [0.25, 0.3) is 0 Å². The Labute approximate surface area is 145 Å². The van der Waals surface area contributed by atoms with Gasteiger partial charge in [-0.1, -0.05) is 0 Å². The minimum absolute atomic E-state index is 0.0749. The molecule has 1 aromatic heterocycles. The SMILES string of the molecule is O=C(c1cc(Nc2ccc3c(c2)OCCO3)ccn1)N1CCOCC1. The van der Waals surface area contributed by atoms with Crippen molar-refractivity contribution in [2.75, 3.05) is 44.8 Å². The summed E-state index contributed by atoms with van der Waals surface area (Å²) in [6, 6.07) is 9.26. The Morgan fingerprint density at radius 2 is 1.72 bits per heavy atom. The van der Waals surface area contributed by atoms with Crippen LogP contribution in [-0.4, -0.2) is 55.3 Å². The van der Waals surface area contributed by atoms with Gasteiger partial charge in [0.05, 0.1) is 13.2 Å². The van der Waals surface area contributed by atoms with Gasteiger partial charge in [0.15, 0.2) is 11.5 Å². The van der Waals surface area contributed by atoms with Crippen LogP contribution in [0.15, 0.2) is 36.5 Å². The Morgan fingerprint density at radius 3 is 2.56 bits per heavy atom. The number of morpholine rings is 1. The lowest BCUT2D eigenvalue weighted by atomic mass is 10.2. The molecular weight excluding hydrogens is 322 g/mol. The van der Waals surface area contributed by atoms with Crippen molar-refractivity contribution in [2.45, 2.75) is 0 Å². The van der Waals surface area contributed by atoms with Crippen molar-refractivity contribution in [3.05, 3.63) is 42.2 Å². The number of carbonyl (C=O) groups is 1. The van der Waals surface area contributed by atoms with E-state index in [0.717, 1.165) is 22.9 Å². The van der Waals surface area contributed by atoms with Crippen molar-refractivity contribution >= 4 is 17.3 Å². The van der Waals surface area contributed by atoms with E-state index in [9.17, 15) is 4.79 Å². The van der Waals surface area contributed by atoms with E-state index in [1.165, 1.54) is 0 Å². The molecule has 1 N–H and O–H groups in total. The number of hydrogen-bond donors (Lipinski definition) is 1. The highest BCUT2D eigenvalue weighted by molar-refractivity contribution is 5.93. The Bertz CT molecular complexity index is 775. The highest BCUT2D eigenvalue weighted by Gasteiger charge is 2.20. The van der Waals surface area contributed by atoms with Crippen LogP contribution in [0.3, 0.4) is 0 Å². The Morgan fingerprint density at radius 1 is 0.960 bits per heavy atom. The van der Waals surface area contributed by atoms with Gasteiger partial charge in [0, 0.05) is 36.7 Å². The molecule has 1 saturated heterocycles. The van der Waals surface area contributed by atoms with Crippen LogP contribution in [0.5, 0.6) is 11.5 Å². The second-order valence-corrected chi connectivity index (χ2v) is 5.82. The molecule has 0 saturated carbocycles. The molecular formula is C18H19N3O4. The molecule has 2 aliphatic rings. The van der Waals surface area contributed by atoms with Crippen molar-refractivity contribution in [2.24, 2.45) is 0 Å². The van der Waals surface area contributed by atoms with Gasteiger partial charge >= 0.3 is 0 Å². The van der Waals surface area contributed by atoms with Gasteiger partial charge in [0.1, 0.15) is 18.9 Å². The summed E-state index contributed by atoms with van der Waals surface area (Å²) in [6.45, 7) is 3.45. The van der Waals surface area contributed by atoms with Crippen molar-refractivity contribution in [3.63, 3.8) is 0 Å². The normalized spacial score (nSPS) is 16.4. The van der Waals surface area contributed by atoms with Crippen LogP contribution in [0.2, 0.25) is 0 Å². The van der Waals surface area contributed by atoms with Gasteiger partial charge in [0.2, 0.25) is 0 Å². The minimum atomic E-state index is -0.0749. The van der Waals surface area contributed by atoms with Crippen molar-refractivity contribution in [3.8, 4) is 11.5 Å². The third-order valence-corrected chi connectivity index (χ3v) is 4.11. The largest absolute Gasteiger partial charge is 0.486 e. The summed E-state index contributed by atoms with van der Waals surface area (Å²) in [5.74, 6) is 1.39. The van der Waals surface area contributed by atoms with E-state index in [1.54, 1.807) is 17.2 Å². The first-order valence-corrected chi connectivity index (χ1v) is 8.29. The first-order valence-electron chi connectivity index (χ1n) is 8.29. The number of benzene rings is 1. The molecule has 0 bridgehead atoms. The molecule has 25 heavy (non-hydrogen) atoms. The fourth-order valence-electron chi connectivity index (χ4n) is 2.84. The standard InChI is InChI=1S/C18H19N3O4/c22-18(21-5-7-23-8-6-21)15-11-14(3-4-19-15)20-13-1-2-16-17(12-13)25-10-9-24-16/h1-4,11-12H,5-10H2,(H,19,20). The molecule has 2 aromatic rings. The van der Waals surface area contributed by atoms with E-state index in [1.807, 2.05) is 24.3 Å². The van der Waals surface area contributed by atoms with Gasteiger partial charge in [-0.05, 0) is 24.3 Å². The first kappa shape index (κ1) is 15.7. The molecule has 0 aliphatic carbocycles. The van der Waals surface area contributed by atoms with Gasteiger partial charge in [0.25, 0.3) is 5.91 Å². The van der Waals surface area contributed by atoms with Crippen molar-refractivity contribution in [1.29, 1.82) is 0 Å². The Kier molecular flexibility index (Phi) is 4.39. The quantitative estimate of drug-likeness (QED) is 0.921. The molecule has 1 fully saturated rings. The number of nitrogens with one attached hydrogen (secondary N) is 1. The zero-order valence-electron chi connectivity index (χ0n) is 13.7. The lowest BCUT2D eigenvalue weighted by molar-refractivity contribution is 0.0299. The number of nitrogens with zero attached hydrogens (tertiary/aromatic N) is 2. The van der Waals surface area contributed by atoms with Gasteiger partial charge in [-0.3, -0.25) is 9.78 Å². The van der Waals surface area contributed by atoms with Crippen LogP contribution in [0, 0.1) is 0 Å². The summed E-state index contributed by atoms with van der Waals surface area (Å²) >= 11 is 0. The highest BCUT2D eigenvalue weighted by atomic mass is 16.6. The molecule has 7 nitrogen and oxygen atoms in total. The molecule has 0 radical (unpaired) electrons. The molecule has 1 amide bonds. The Hall–Kier alpha value is -2.80. The maximum atomic E-state index is 12.5. The van der Waals surface area contributed by atoms with E-state index >= 15 is 0 Å². The van der Waals surface area contributed by atoms with Crippen LogP contribution < -0.4 is 14.8 Å². The molecule has 4 rings (SSSR count). The van der Waals surface area contributed by atoms with Gasteiger partial charge in [-0.15, -0.1) is 0 Å². The minimum Gasteiger partial charge on any atom is -0.486 e. The zero-order valence-corrected chi connectivity index (χ0v) is 13.7. The zero-order chi connectivity index (χ0) is 17.1. The number of anilines is 2. The van der Waals surface area contributed by atoms with Crippen molar-refractivity contribution < 1.29 is 19.0 Å². The lowest BCUT2D eigenvalue weighted by Gasteiger charge is -2.26. The number of fused-ring (bicyclic) bond motifs is 1. The summed E-state index contributed by atoms with van der Waals surface area (Å²) < 4.78 is 16.4. The van der Waals surface area contributed by atoms with E-state index in [4.69, 9.17) is 14.2 Å². The fourth-order valence-corrected chi connectivity index (χ4v) is 2.84. The molecule has 7 heteroatoms. The van der Waals surface area contributed by atoms with Gasteiger partial charge in [-0.2, -0.15) is 0 Å².